The van der Waals surface area contributed by atoms with E-state index in [-0.39, 0.29) is 24.9 Å². The topological polar surface area (TPSA) is 99.6 Å². The van der Waals surface area contributed by atoms with Gasteiger partial charge < -0.3 is 19.5 Å². The molecule has 1 atom stereocenters. The Labute approximate surface area is 180 Å². The molecular weight excluding hydrogens is 410 g/mol. The molecule has 0 bridgehead atoms. The molecule has 0 saturated carbocycles. The van der Waals surface area contributed by atoms with Crippen molar-refractivity contribution < 1.29 is 23.8 Å². The van der Waals surface area contributed by atoms with Gasteiger partial charge in [-0.15, -0.1) is 0 Å². The van der Waals surface area contributed by atoms with Crippen LogP contribution < -0.4 is 10.1 Å². The average Bonchev–Trinajstić information content (AvgIpc) is 2.74. The van der Waals surface area contributed by atoms with Gasteiger partial charge in [-0.2, -0.15) is 0 Å². The number of pyridine rings is 2. The molecule has 1 unspecified atom stereocenters. The number of halogens is 1. The summed E-state index contributed by atoms with van der Waals surface area (Å²) in [5, 5.41) is 3.04. The first-order valence-corrected chi connectivity index (χ1v) is 10.0. The van der Waals surface area contributed by atoms with E-state index in [1.165, 1.54) is 0 Å². The minimum atomic E-state index is -0.547. The van der Waals surface area contributed by atoms with Crippen molar-refractivity contribution in [1.82, 2.24) is 15.3 Å². The summed E-state index contributed by atoms with van der Waals surface area (Å²) < 4.78 is 15.8. The second-order valence-electron chi connectivity index (χ2n) is 6.49. The smallest absolute Gasteiger partial charge is 0.312 e. The molecular formula is C21H26ClN3O5. The zero-order valence-corrected chi connectivity index (χ0v) is 17.9. The molecule has 0 fully saturated rings. The minimum absolute atomic E-state index is 0.00301. The van der Waals surface area contributed by atoms with E-state index < -0.39 is 5.97 Å². The van der Waals surface area contributed by atoms with E-state index in [1.807, 2.05) is 19.9 Å². The van der Waals surface area contributed by atoms with E-state index in [0.717, 1.165) is 5.56 Å². The maximum Gasteiger partial charge on any atom is 0.312 e. The lowest BCUT2D eigenvalue weighted by Crippen LogP contribution is -2.32. The Morgan fingerprint density at radius 3 is 2.83 bits per heavy atom. The number of carbonyl (C=O) groups is 2. The third-order valence-corrected chi connectivity index (χ3v) is 4.28. The number of ether oxygens (including phenoxy) is 3. The third-order valence-electron chi connectivity index (χ3n) is 4.07. The van der Waals surface area contributed by atoms with E-state index in [9.17, 15) is 9.59 Å². The highest BCUT2D eigenvalue weighted by Gasteiger charge is 2.12. The predicted molar refractivity (Wildman–Crippen MR) is 112 cm³/mol. The number of esters is 1. The van der Waals surface area contributed by atoms with Gasteiger partial charge in [-0.3, -0.25) is 14.6 Å². The van der Waals surface area contributed by atoms with Gasteiger partial charge in [0.25, 0.3) is 5.91 Å². The van der Waals surface area contributed by atoms with Crippen LogP contribution in [0.4, 0.5) is 0 Å². The van der Waals surface area contributed by atoms with Crippen molar-refractivity contribution in [2.45, 2.75) is 26.2 Å². The normalized spacial score (nSPS) is 11.6. The Balaban J connectivity index is 1.71. The van der Waals surface area contributed by atoms with Crippen molar-refractivity contribution >= 4 is 23.5 Å². The van der Waals surface area contributed by atoms with Crippen molar-refractivity contribution in [3.8, 4) is 5.75 Å². The van der Waals surface area contributed by atoms with Gasteiger partial charge in [0.15, 0.2) is 6.61 Å². The Hall–Kier alpha value is -2.71. The quantitative estimate of drug-likeness (QED) is 0.310. The van der Waals surface area contributed by atoms with Crippen LogP contribution in [0.3, 0.4) is 0 Å². The van der Waals surface area contributed by atoms with E-state index >= 15 is 0 Å². The molecule has 2 heterocycles. The number of hydrogen-bond acceptors (Lipinski definition) is 7. The summed E-state index contributed by atoms with van der Waals surface area (Å²) in [6.07, 6.45) is 3.31. The van der Waals surface area contributed by atoms with Crippen molar-refractivity contribution in [3.05, 3.63) is 53.1 Å². The summed E-state index contributed by atoms with van der Waals surface area (Å²) >= 11 is 5.78. The predicted octanol–water partition coefficient (Wildman–Crippen LogP) is 2.55. The zero-order valence-electron chi connectivity index (χ0n) is 17.1. The van der Waals surface area contributed by atoms with Crippen LogP contribution in [0.5, 0.6) is 5.75 Å². The molecule has 2 rings (SSSR count). The van der Waals surface area contributed by atoms with Crippen LogP contribution in [0.15, 0.2) is 36.7 Å². The molecule has 30 heavy (non-hydrogen) atoms. The fourth-order valence-corrected chi connectivity index (χ4v) is 2.66. The van der Waals surface area contributed by atoms with Crippen LogP contribution in [0, 0.1) is 0 Å². The number of carbonyl (C=O) groups excluding carboxylic acids is 2. The van der Waals surface area contributed by atoms with Gasteiger partial charge in [0.2, 0.25) is 0 Å². The summed E-state index contributed by atoms with van der Waals surface area (Å²) in [6, 6.07) is 6.86. The summed E-state index contributed by atoms with van der Waals surface area (Å²) in [6.45, 7) is 5.50. The monoisotopic (exact) mass is 435 g/mol. The van der Waals surface area contributed by atoms with E-state index in [1.54, 1.807) is 30.6 Å². The Morgan fingerprint density at radius 1 is 1.23 bits per heavy atom. The first-order chi connectivity index (χ1) is 14.5. The maximum atomic E-state index is 12.0. The van der Waals surface area contributed by atoms with Gasteiger partial charge in [-0.25, -0.2) is 4.98 Å². The van der Waals surface area contributed by atoms with Crippen LogP contribution in [0.1, 0.15) is 31.0 Å². The second kappa shape index (κ2) is 12.8. The highest BCUT2D eigenvalue weighted by atomic mass is 35.5. The molecule has 0 radical (unpaired) electrons. The van der Waals surface area contributed by atoms with Crippen molar-refractivity contribution in [2.24, 2.45) is 0 Å². The Bertz CT molecular complexity index is 834. The van der Waals surface area contributed by atoms with E-state index in [0.29, 0.717) is 43.0 Å². The lowest BCUT2D eigenvalue weighted by atomic mass is 10.0. The minimum Gasteiger partial charge on any atom is -0.490 e. The van der Waals surface area contributed by atoms with E-state index in [2.05, 4.69) is 15.3 Å². The van der Waals surface area contributed by atoms with Crippen LogP contribution in [-0.4, -0.2) is 54.8 Å². The molecule has 9 heteroatoms. The zero-order chi connectivity index (χ0) is 21.8. The van der Waals surface area contributed by atoms with Crippen LogP contribution in [-0.2, 0) is 25.5 Å². The summed E-state index contributed by atoms with van der Waals surface area (Å²) in [4.78, 5) is 32.0. The fourth-order valence-electron chi connectivity index (χ4n) is 2.48. The molecule has 1 N–H and O–H groups in total. The molecule has 162 valence electrons. The maximum absolute atomic E-state index is 12.0. The Morgan fingerprint density at radius 2 is 2.07 bits per heavy atom. The standard InChI is InChI=1S/C21H26ClN3O5/c1-3-28-7-8-29-18-9-16(12-23-13-18)15(2)11-24-20(26)14-30-21(27)10-17-5-4-6-19(22)25-17/h4-6,9,12-13,15H,3,7-8,10-11,14H2,1-2H3,(H,24,26). The summed E-state index contributed by atoms with van der Waals surface area (Å²) in [7, 11) is 0. The molecule has 0 aromatic carbocycles. The lowest BCUT2D eigenvalue weighted by Gasteiger charge is -2.14. The number of aromatic nitrogens is 2. The molecule has 0 saturated heterocycles. The molecule has 0 aliphatic carbocycles. The number of hydrogen-bond donors (Lipinski definition) is 1. The number of rotatable bonds is 12. The molecule has 0 aliphatic heterocycles. The van der Waals surface area contributed by atoms with Gasteiger partial charge in [0.1, 0.15) is 17.5 Å². The van der Waals surface area contributed by atoms with Gasteiger partial charge >= 0.3 is 5.97 Å². The van der Waals surface area contributed by atoms with Crippen LogP contribution in [0.25, 0.3) is 0 Å². The SMILES string of the molecule is CCOCCOc1cncc(C(C)CNC(=O)COC(=O)Cc2cccc(Cl)n2)c1. The van der Waals surface area contributed by atoms with E-state index in [4.69, 9.17) is 25.8 Å². The van der Waals surface area contributed by atoms with Gasteiger partial charge in [-0.1, -0.05) is 24.6 Å². The lowest BCUT2D eigenvalue weighted by molar-refractivity contribution is -0.147. The summed E-state index contributed by atoms with van der Waals surface area (Å²) in [5.41, 5.74) is 1.41. The first kappa shape index (κ1) is 23.6. The number of nitrogens with one attached hydrogen (secondary N) is 1. The second-order valence-corrected chi connectivity index (χ2v) is 6.88. The van der Waals surface area contributed by atoms with Crippen LogP contribution >= 0.6 is 11.6 Å². The highest BCUT2D eigenvalue weighted by Crippen LogP contribution is 2.18. The van der Waals surface area contributed by atoms with Crippen LogP contribution in [0.2, 0.25) is 5.15 Å². The average molecular weight is 436 g/mol. The van der Waals surface area contributed by atoms with Crippen molar-refractivity contribution in [2.75, 3.05) is 33.0 Å². The third kappa shape index (κ3) is 8.75. The molecule has 2 aromatic rings. The number of amides is 1. The van der Waals surface area contributed by atoms with Gasteiger partial charge in [0.05, 0.1) is 24.9 Å². The molecule has 0 aliphatic rings. The molecule has 8 nitrogen and oxygen atoms in total. The highest BCUT2D eigenvalue weighted by molar-refractivity contribution is 6.29. The fraction of sp³-hybridized carbons (Fsp3) is 0.429. The Kier molecular flexibility index (Phi) is 10.0. The van der Waals surface area contributed by atoms with Gasteiger partial charge in [-0.05, 0) is 30.7 Å². The molecule has 1 amide bonds. The largest absolute Gasteiger partial charge is 0.490 e. The van der Waals surface area contributed by atoms with Crippen molar-refractivity contribution in [3.63, 3.8) is 0 Å². The molecule has 0 spiro atoms. The first-order valence-electron chi connectivity index (χ1n) is 9.67. The summed E-state index contributed by atoms with van der Waals surface area (Å²) in [5.74, 6) is -0.280. The van der Waals surface area contributed by atoms with Crippen molar-refractivity contribution in [1.29, 1.82) is 0 Å². The molecule has 2 aromatic heterocycles. The van der Waals surface area contributed by atoms with Gasteiger partial charge in [0, 0.05) is 25.3 Å². The number of nitrogens with zero attached hydrogens (tertiary/aromatic N) is 2.